The Balaban J connectivity index is 1.48. The van der Waals surface area contributed by atoms with Gasteiger partial charge < -0.3 is 14.7 Å². The van der Waals surface area contributed by atoms with E-state index in [9.17, 15) is 9.90 Å². The van der Waals surface area contributed by atoms with Gasteiger partial charge in [-0.05, 0) is 66.8 Å². The van der Waals surface area contributed by atoms with Gasteiger partial charge in [0.25, 0.3) is 0 Å². The summed E-state index contributed by atoms with van der Waals surface area (Å²) in [5.41, 5.74) is 4.75. The van der Waals surface area contributed by atoms with Crippen LogP contribution in [-0.2, 0) is 4.79 Å². The Morgan fingerprint density at radius 3 is 2.54 bits per heavy atom. The largest absolute Gasteiger partial charge is 0.508 e. The summed E-state index contributed by atoms with van der Waals surface area (Å²) in [5, 5.41) is 9.38. The number of aromatic hydroxyl groups is 1. The molecule has 0 radical (unpaired) electrons. The first-order valence-electron chi connectivity index (χ1n) is 8.99. The summed E-state index contributed by atoms with van der Waals surface area (Å²) in [6.07, 6.45) is 3.31. The van der Waals surface area contributed by atoms with E-state index >= 15 is 0 Å². The number of aryl methyl sites for hydroxylation is 2. The third-order valence-corrected chi connectivity index (χ3v) is 4.86. The number of phenolic OH excluding ortho intramolecular Hbond substituents is 1. The molecule has 2 aromatic carbocycles. The van der Waals surface area contributed by atoms with Crippen LogP contribution in [0.3, 0.4) is 0 Å². The average Bonchev–Trinajstić information content (AvgIpc) is 2.65. The molecular weight excluding hydrogens is 326 g/mol. The van der Waals surface area contributed by atoms with Gasteiger partial charge in [0.05, 0.1) is 13.0 Å². The lowest BCUT2D eigenvalue weighted by Crippen LogP contribution is -2.35. The van der Waals surface area contributed by atoms with E-state index in [1.165, 1.54) is 16.7 Å². The molecule has 0 unspecified atom stereocenters. The Kier molecular flexibility index (Phi) is 5.61. The molecule has 4 heteroatoms. The SMILES string of the molecule is Cc1ccc(OCCC(=O)N2CC=C(c3ccc(O)cc3)CC2)cc1C. The minimum Gasteiger partial charge on any atom is -0.508 e. The molecule has 2 aromatic rings. The molecule has 4 nitrogen and oxygen atoms in total. The van der Waals surface area contributed by atoms with Crippen LogP contribution >= 0.6 is 0 Å². The number of ether oxygens (including phenoxy) is 1. The normalized spacial score (nSPS) is 14.1. The van der Waals surface area contributed by atoms with Crippen LogP contribution in [0, 0.1) is 13.8 Å². The van der Waals surface area contributed by atoms with Crippen molar-refractivity contribution >= 4 is 11.5 Å². The maximum Gasteiger partial charge on any atom is 0.226 e. The Bertz CT molecular complexity index is 809. The summed E-state index contributed by atoms with van der Waals surface area (Å²) in [6, 6.07) is 13.2. The van der Waals surface area contributed by atoms with Crippen LogP contribution in [0.25, 0.3) is 5.57 Å². The molecule has 0 saturated heterocycles. The minimum atomic E-state index is 0.120. The van der Waals surface area contributed by atoms with Gasteiger partial charge in [0.2, 0.25) is 5.91 Å². The van der Waals surface area contributed by atoms with E-state index in [0.29, 0.717) is 19.6 Å². The summed E-state index contributed by atoms with van der Waals surface area (Å²) < 4.78 is 5.72. The second-order valence-corrected chi connectivity index (χ2v) is 6.71. The lowest BCUT2D eigenvalue weighted by Gasteiger charge is -2.26. The van der Waals surface area contributed by atoms with Gasteiger partial charge in [-0.2, -0.15) is 0 Å². The fourth-order valence-corrected chi connectivity index (χ4v) is 3.05. The van der Waals surface area contributed by atoms with Crippen LogP contribution < -0.4 is 4.74 Å². The molecule has 1 heterocycles. The Hall–Kier alpha value is -2.75. The lowest BCUT2D eigenvalue weighted by molar-refractivity contribution is -0.131. The third-order valence-electron chi connectivity index (χ3n) is 4.86. The predicted molar refractivity (Wildman–Crippen MR) is 103 cm³/mol. The van der Waals surface area contributed by atoms with Crippen LogP contribution in [0.15, 0.2) is 48.5 Å². The molecule has 136 valence electrons. The second-order valence-electron chi connectivity index (χ2n) is 6.71. The number of amides is 1. The van der Waals surface area contributed by atoms with Crippen molar-refractivity contribution in [3.05, 3.63) is 65.2 Å². The fraction of sp³-hybridized carbons (Fsp3) is 0.318. The second kappa shape index (κ2) is 8.09. The van der Waals surface area contributed by atoms with E-state index in [1.54, 1.807) is 12.1 Å². The molecule has 0 fully saturated rings. The highest BCUT2D eigenvalue weighted by atomic mass is 16.5. The van der Waals surface area contributed by atoms with Gasteiger partial charge in [-0.15, -0.1) is 0 Å². The zero-order valence-corrected chi connectivity index (χ0v) is 15.4. The first-order chi connectivity index (χ1) is 12.5. The first-order valence-corrected chi connectivity index (χ1v) is 8.99. The van der Waals surface area contributed by atoms with E-state index in [-0.39, 0.29) is 11.7 Å². The molecular formula is C22H25NO3. The van der Waals surface area contributed by atoms with Gasteiger partial charge in [-0.1, -0.05) is 24.3 Å². The van der Waals surface area contributed by atoms with Crippen LogP contribution in [0.4, 0.5) is 0 Å². The number of phenols is 1. The molecule has 1 amide bonds. The number of hydrogen-bond donors (Lipinski definition) is 1. The van der Waals surface area contributed by atoms with E-state index in [4.69, 9.17) is 4.74 Å². The third kappa shape index (κ3) is 4.45. The van der Waals surface area contributed by atoms with Crippen molar-refractivity contribution in [1.82, 2.24) is 4.90 Å². The molecule has 1 aliphatic rings. The van der Waals surface area contributed by atoms with Crippen molar-refractivity contribution in [3.8, 4) is 11.5 Å². The highest BCUT2D eigenvalue weighted by Gasteiger charge is 2.17. The number of nitrogens with zero attached hydrogens (tertiary/aromatic N) is 1. The zero-order valence-electron chi connectivity index (χ0n) is 15.4. The van der Waals surface area contributed by atoms with E-state index in [2.05, 4.69) is 19.9 Å². The van der Waals surface area contributed by atoms with Crippen molar-refractivity contribution in [2.24, 2.45) is 0 Å². The number of carbonyl (C=O) groups is 1. The van der Waals surface area contributed by atoms with E-state index in [1.807, 2.05) is 35.2 Å². The molecule has 0 aliphatic carbocycles. The van der Waals surface area contributed by atoms with Gasteiger partial charge in [-0.3, -0.25) is 4.79 Å². The van der Waals surface area contributed by atoms with Gasteiger partial charge in [0, 0.05) is 13.1 Å². The Morgan fingerprint density at radius 1 is 1.12 bits per heavy atom. The molecule has 1 aliphatic heterocycles. The van der Waals surface area contributed by atoms with Crippen LogP contribution in [0.5, 0.6) is 11.5 Å². The molecule has 0 bridgehead atoms. The number of rotatable bonds is 5. The predicted octanol–water partition coefficient (Wildman–Crippen LogP) is 4.09. The van der Waals surface area contributed by atoms with Crippen LogP contribution in [0.2, 0.25) is 0 Å². The fourth-order valence-electron chi connectivity index (χ4n) is 3.05. The average molecular weight is 351 g/mol. The molecule has 0 atom stereocenters. The van der Waals surface area contributed by atoms with Gasteiger partial charge in [0.15, 0.2) is 0 Å². The topological polar surface area (TPSA) is 49.8 Å². The van der Waals surface area contributed by atoms with Crippen molar-refractivity contribution in [1.29, 1.82) is 0 Å². The summed E-state index contributed by atoms with van der Waals surface area (Å²) >= 11 is 0. The Labute approximate surface area is 154 Å². The van der Waals surface area contributed by atoms with Gasteiger partial charge in [-0.25, -0.2) is 0 Å². The van der Waals surface area contributed by atoms with Crippen LogP contribution in [-0.4, -0.2) is 35.6 Å². The summed E-state index contributed by atoms with van der Waals surface area (Å²) in [6.45, 7) is 5.86. The minimum absolute atomic E-state index is 0.120. The highest BCUT2D eigenvalue weighted by Crippen LogP contribution is 2.24. The number of carbonyl (C=O) groups excluding carboxylic acids is 1. The monoisotopic (exact) mass is 351 g/mol. The summed E-state index contributed by atoms with van der Waals surface area (Å²) in [7, 11) is 0. The molecule has 26 heavy (non-hydrogen) atoms. The lowest BCUT2D eigenvalue weighted by atomic mass is 9.99. The number of benzene rings is 2. The maximum absolute atomic E-state index is 12.4. The van der Waals surface area contributed by atoms with E-state index in [0.717, 1.165) is 24.3 Å². The van der Waals surface area contributed by atoms with Gasteiger partial charge >= 0.3 is 0 Å². The van der Waals surface area contributed by atoms with Crippen molar-refractivity contribution in [3.63, 3.8) is 0 Å². The van der Waals surface area contributed by atoms with Crippen molar-refractivity contribution in [2.75, 3.05) is 19.7 Å². The molecule has 0 spiro atoms. The first kappa shape index (κ1) is 18.1. The quantitative estimate of drug-likeness (QED) is 0.882. The van der Waals surface area contributed by atoms with Gasteiger partial charge in [0.1, 0.15) is 11.5 Å². The molecule has 0 saturated carbocycles. The van der Waals surface area contributed by atoms with Crippen LogP contribution in [0.1, 0.15) is 29.5 Å². The zero-order chi connectivity index (χ0) is 18.5. The number of hydrogen-bond acceptors (Lipinski definition) is 3. The van der Waals surface area contributed by atoms with Crippen molar-refractivity contribution < 1.29 is 14.6 Å². The summed E-state index contributed by atoms with van der Waals surface area (Å²) in [5.74, 6) is 1.20. The standard InChI is InChI=1S/C22H25NO3/c1-16-3-8-21(15-17(16)2)26-14-11-22(25)23-12-9-19(10-13-23)18-4-6-20(24)7-5-18/h3-9,15,24H,10-14H2,1-2H3. The highest BCUT2D eigenvalue weighted by molar-refractivity contribution is 5.78. The smallest absolute Gasteiger partial charge is 0.226 e. The van der Waals surface area contributed by atoms with E-state index < -0.39 is 0 Å². The van der Waals surface area contributed by atoms with Crippen molar-refractivity contribution in [2.45, 2.75) is 26.7 Å². The maximum atomic E-state index is 12.4. The summed E-state index contributed by atoms with van der Waals surface area (Å²) in [4.78, 5) is 14.2. The molecule has 3 rings (SSSR count). The molecule has 1 N–H and O–H groups in total. The molecule has 0 aromatic heterocycles. The Morgan fingerprint density at radius 2 is 1.88 bits per heavy atom.